The highest BCUT2D eigenvalue weighted by Gasteiger charge is 2.08. The van der Waals surface area contributed by atoms with E-state index >= 15 is 0 Å². The molecule has 0 saturated heterocycles. The molecule has 1 rings (SSSR count). The first-order chi connectivity index (χ1) is 8.02. The summed E-state index contributed by atoms with van der Waals surface area (Å²) < 4.78 is 5.60. The van der Waals surface area contributed by atoms with E-state index in [-0.39, 0.29) is 6.10 Å². The molecule has 1 heterocycles. The first kappa shape index (κ1) is 13.7. The molecule has 0 bridgehead atoms. The molecule has 0 radical (unpaired) electrons. The van der Waals surface area contributed by atoms with Crippen molar-refractivity contribution in [2.75, 3.05) is 32.1 Å². The van der Waals surface area contributed by atoms with E-state index in [1.165, 1.54) is 0 Å². The van der Waals surface area contributed by atoms with Crippen molar-refractivity contribution in [2.45, 2.75) is 26.9 Å². The molecular weight excluding hydrogens is 216 g/mol. The smallest absolute Gasteiger partial charge is 0.228 e. The van der Waals surface area contributed by atoms with Crippen LogP contribution in [0.3, 0.4) is 0 Å². The number of hydrogen-bond donors (Lipinski definition) is 1. The third-order valence-corrected chi connectivity index (χ3v) is 2.21. The maximum atomic E-state index is 5.60. The standard InChI is InChI=1S/C12H22N4O/c1-9(2)17-11-8-10(3)14-12(15-11)16(5)7-6-13-4/h8-9,13H,6-7H2,1-5H3. The lowest BCUT2D eigenvalue weighted by Gasteiger charge is -2.18. The van der Waals surface area contributed by atoms with Crippen LogP contribution in [0.25, 0.3) is 0 Å². The van der Waals surface area contributed by atoms with Crippen molar-refractivity contribution in [3.63, 3.8) is 0 Å². The zero-order valence-electron chi connectivity index (χ0n) is 11.3. The third-order valence-electron chi connectivity index (χ3n) is 2.21. The summed E-state index contributed by atoms with van der Waals surface area (Å²) in [4.78, 5) is 10.8. The second-order valence-electron chi connectivity index (χ2n) is 4.34. The maximum absolute atomic E-state index is 5.60. The van der Waals surface area contributed by atoms with Gasteiger partial charge in [-0.15, -0.1) is 0 Å². The normalized spacial score (nSPS) is 10.7. The topological polar surface area (TPSA) is 50.3 Å². The predicted octanol–water partition coefficient (Wildman–Crippen LogP) is 1.23. The molecule has 1 aromatic heterocycles. The van der Waals surface area contributed by atoms with E-state index in [0.717, 1.165) is 18.8 Å². The molecule has 0 atom stereocenters. The lowest BCUT2D eigenvalue weighted by molar-refractivity contribution is 0.232. The Kier molecular flexibility index (Phi) is 5.15. The summed E-state index contributed by atoms with van der Waals surface area (Å²) in [5.41, 5.74) is 0.918. The fourth-order valence-corrected chi connectivity index (χ4v) is 1.38. The highest BCUT2D eigenvalue weighted by atomic mass is 16.5. The van der Waals surface area contributed by atoms with Crippen molar-refractivity contribution in [1.82, 2.24) is 15.3 Å². The van der Waals surface area contributed by atoms with Gasteiger partial charge in [0.1, 0.15) is 0 Å². The Labute approximate surface area is 103 Å². The Morgan fingerprint density at radius 2 is 2.12 bits per heavy atom. The lowest BCUT2D eigenvalue weighted by Crippen LogP contribution is -2.28. The van der Waals surface area contributed by atoms with Gasteiger partial charge in [0.2, 0.25) is 11.8 Å². The molecule has 0 spiro atoms. The molecule has 0 aromatic carbocycles. The number of ether oxygens (including phenoxy) is 1. The van der Waals surface area contributed by atoms with Crippen LogP contribution in [-0.4, -0.2) is 43.3 Å². The number of nitrogens with zero attached hydrogens (tertiary/aromatic N) is 3. The summed E-state index contributed by atoms with van der Waals surface area (Å²) in [5.74, 6) is 1.34. The monoisotopic (exact) mass is 238 g/mol. The minimum absolute atomic E-state index is 0.125. The minimum Gasteiger partial charge on any atom is -0.475 e. The minimum atomic E-state index is 0.125. The van der Waals surface area contributed by atoms with Crippen molar-refractivity contribution >= 4 is 5.95 Å². The van der Waals surface area contributed by atoms with Crippen LogP contribution in [-0.2, 0) is 0 Å². The summed E-state index contributed by atoms with van der Waals surface area (Å²) in [6.07, 6.45) is 0.125. The fraction of sp³-hybridized carbons (Fsp3) is 0.667. The zero-order valence-corrected chi connectivity index (χ0v) is 11.3. The van der Waals surface area contributed by atoms with Crippen LogP contribution in [0.2, 0.25) is 0 Å². The summed E-state index contributed by atoms with van der Waals surface area (Å²) in [6.45, 7) is 7.68. The number of nitrogens with one attached hydrogen (secondary N) is 1. The molecule has 96 valence electrons. The van der Waals surface area contributed by atoms with Crippen molar-refractivity contribution in [2.24, 2.45) is 0 Å². The van der Waals surface area contributed by atoms with Gasteiger partial charge in [0.05, 0.1) is 6.10 Å². The van der Waals surface area contributed by atoms with Crippen LogP contribution in [0.5, 0.6) is 5.88 Å². The SMILES string of the molecule is CNCCN(C)c1nc(C)cc(OC(C)C)n1. The molecule has 1 aromatic rings. The molecule has 0 aliphatic rings. The lowest BCUT2D eigenvalue weighted by atomic mass is 10.4. The highest BCUT2D eigenvalue weighted by molar-refractivity contribution is 5.33. The van der Waals surface area contributed by atoms with E-state index in [9.17, 15) is 0 Å². The van der Waals surface area contributed by atoms with E-state index in [4.69, 9.17) is 4.74 Å². The van der Waals surface area contributed by atoms with Crippen LogP contribution in [0.15, 0.2) is 6.07 Å². The van der Waals surface area contributed by atoms with E-state index < -0.39 is 0 Å². The molecule has 5 nitrogen and oxygen atoms in total. The van der Waals surface area contributed by atoms with E-state index in [0.29, 0.717) is 11.8 Å². The second kappa shape index (κ2) is 6.39. The quantitative estimate of drug-likeness (QED) is 0.807. The van der Waals surface area contributed by atoms with Gasteiger partial charge in [0, 0.05) is 31.9 Å². The Bertz CT molecular complexity index is 354. The van der Waals surface area contributed by atoms with Gasteiger partial charge in [-0.25, -0.2) is 4.98 Å². The maximum Gasteiger partial charge on any atom is 0.228 e. The van der Waals surface area contributed by atoms with Gasteiger partial charge in [-0.05, 0) is 27.8 Å². The molecule has 0 amide bonds. The molecular formula is C12H22N4O. The highest BCUT2D eigenvalue weighted by Crippen LogP contribution is 2.15. The van der Waals surface area contributed by atoms with Gasteiger partial charge in [0.15, 0.2) is 0 Å². The zero-order chi connectivity index (χ0) is 12.8. The summed E-state index contributed by atoms with van der Waals surface area (Å²) in [6, 6.07) is 1.86. The van der Waals surface area contributed by atoms with Gasteiger partial charge in [0.25, 0.3) is 0 Å². The van der Waals surface area contributed by atoms with Crippen LogP contribution in [0.4, 0.5) is 5.95 Å². The number of aryl methyl sites for hydroxylation is 1. The molecule has 0 aliphatic carbocycles. The molecule has 0 saturated carbocycles. The third kappa shape index (κ3) is 4.56. The number of likely N-dealkylation sites (N-methyl/N-ethyl adjacent to an activating group) is 2. The van der Waals surface area contributed by atoms with E-state index in [1.807, 2.05) is 45.8 Å². The Morgan fingerprint density at radius 3 is 2.71 bits per heavy atom. The Hall–Kier alpha value is -1.36. The van der Waals surface area contributed by atoms with Gasteiger partial charge < -0.3 is 15.0 Å². The average Bonchev–Trinajstić information content (AvgIpc) is 2.24. The van der Waals surface area contributed by atoms with Crippen molar-refractivity contribution in [1.29, 1.82) is 0 Å². The van der Waals surface area contributed by atoms with Crippen molar-refractivity contribution in [3.8, 4) is 5.88 Å². The van der Waals surface area contributed by atoms with Gasteiger partial charge in [-0.1, -0.05) is 0 Å². The van der Waals surface area contributed by atoms with Crippen LogP contribution in [0, 0.1) is 6.92 Å². The molecule has 0 unspecified atom stereocenters. The fourth-order valence-electron chi connectivity index (χ4n) is 1.38. The van der Waals surface area contributed by atoms with Gasteiger partial charge in [-0.2, -0.15) is 4.98 Å². The number of anilines is 1. The average molecular weight is 238 g/mol. The molecule has 5 heteroatoms. The summed E-state index contributed by atoms with van der Waals surface area (Å²) in [7, 11) is 3.91. The number of aromatic nitrogens is 2. The van der Waals surface area contributed by atoms with Crippen LogP contribution < -0.4 is 15.0 Å². The van der Waals surface area contributed by atoms with Gasteiger partial charge >= 0.3 is 0 Å². The van der Waals surface area contributed by atoms with Crippen LogP contribution >= 0.6 is 0 Å². The van der Waals surface area contributed by atoms with Crippen molar-refractivity contribution < 1.29 is 4.74 Å². The largest absolute Gasteiger partial charge is 0.475 e. The summed E-state index contributed by atoms with van der Waals surface area (Å²) in [5, 5.41) is 3.10. The molecule has 1 N–H and O–H groups in total. The van der Waals surface area contributed by atoms with Crippen molar-refractivity contribution in [3.05, 3.63) is 11.8 Å². The predicted molar refractivity (Wildman–Crippen MR) is 69.7 cm³/mol. The van der Waals surface area contributed by atoms with Crippen LogP contribution in [0.1, 0.15) is 19.5 Å². The first-order valence-corrected chi connectivity index (χ1v) is 5.91. The Morgan fingerprint density at radius 1 is 1.41 bits per heavy atom. The summed E-state index contributed by atoms with van der Waals surface area (Å²) >= 11 is 0. The van der Waals surface area contributed by atoms with E-state index in [2.05, 4.69) is 15.3 Å². The first-order valence-electron chi connectivity index (χ1n) is 5.91. The molecule has 17 heavy (non-hydrogen) atoms. The molecule has 0 aliphatic heterocycles. The molecule has 0 fully saturated rings. The Balaban J connectivity index is 2.81. The van der Waals surface area contributed by atoms with E-state index in [1.54, 1.807) is 0 Å². The number of rotatable bonds is 6. The van der Waals surface area contributed by atoms with Gasteiger partial charge in [-0.3, -0.25) is 0 Å². The number of hydrogen-bond acceptors (Lipinski definition) is 5. The second-order valence-corrected chi connectivity index (χ2v) is 4.34.